The van der Waals surface area contributed by atoms with Gasteiger partial charge in [-0.1, -0.05) is 30.3 Å². The Morgan fingerprint density at radius 1 is 1.12 bits per heavy atom. The summed E-state index contributed by atoms with van der Waals surface area (Å²) in [6.45, 7) is 0.206. The van der Waals surface area contributed by atoms with Crippen LogP contribution in [0.2, 0.25) is 0 Å². The lowest BCUT2D eigenvalue weighted by atomic mass is 10.1. The number of halogens is 1. The topological polar surface area (TPSA) is 110 Å². The standard InChI is InChI=1S/C23H20FN5O3/c24-16-5-4-8-18(11-16)32-21-10-9-15(13-26-21)14-27-23(31)19-12-20(22(25)30)29(28-19)17-6-2-1-3-7-17/h1-11,13,20H,12,14H2,(H2,25,30)(H,27,31). The minimum Gasteiger partial charge on any atom is -0.439 e. The summed E-state index contributed by atoms with van der Waals surface area (Å²) < 4.78 is 18.8. The number of rotatable bonds is 7. The van der Waals surface area contributed by atoms with Crippen LogP contribution in [0.1, 0.15) is 12.0 Å². The molecule has 8 nitrogen and oxygen atoms in total. The number of benzene rings is 2. The molecule has 32 heavy (non-hydrogen) atoms. The molecule has 3 N–H and O–H groups in total. The van der Waals surface area contributed by atoms with E-state index in [1.807, 2.05) is 18.2 Å². The molecule has 1 aliphatic heterocycles. The van der Waals surface area contributed by atoms with Crippen LogP contribution >= 0.6 is 0 Å². The van der Waals surface area contributed by atoms with Gasteiger partial charge in [0, 0.05) is 31.3 Å². The fourth-order valence-corrected chi connectivity index (χ4v) is 3.20. The molecule has 2 aromatic carbocycles. The number of pyridine rings is 1. The van der Waals surface area contributed by atoms with Crippen LogP contribution in [0.3, 0.4) is 0 Å². The van der Waals surface area contributed by atoms with Crippen molar-refractivity contribution in [2.24, 2.45) is 10.8 Å². The van der Waals surface area contributed by atoms with Crippen molar-refractivity contribution < 1.29 is 18.7 Å². The number of nitrogens with zero attached hydrogens (tertiary/aromatic N) is 3. The number of hydrogen-bond donors (Lipinski definition) is 2. The Hall–Kier alpha value is -4.27. The van der Waals surface area contributed by atoms with Crippen LogP contribution in [0, 0.1) is 5.82 Å². The molecule has 1 aromatic heterocycles. The van der Waals surface area contributed by atoms with E-state index < -0.39 is 23.7 Å². The van der Waals surface area contributed by atoms with Gasteiger partial charge in [0.05, 0.1) is 5.69 Å². The average Bonchev–Trinajstić information content (AvgIpc) is 3.25. The monoisotopic (exact) mass is 433 g/mol. The van der Waals surface area contributed by atoms with E-state index in [-0.39, 0.29) is 18.7 Å². The summed E-state index contributed by atoms with van der Waals surface area (Å²) in [5.41, 5.74) is 7.13. The first-order valence-electron chi connectivity index (χ1n) is 9.87. The summed E-state index contributed by atoms with van der Waals surface area (Å²) in [4.78, 5) is 28.6. The number of carbonyl (C=O) groups is 2. The first kappa shape index (κ1) is 21.0. The summed E-state index contributed by atoms with van der Waals surface area (Å²) >= 11 is 0. The van der Waals surface area contributed by atoms with Crippen molar-refractivity contribution in [1.29, 1.82) is 0 Å². The number of amides is 2. The first-order valence-corrected chi connectivity index (χ1v) is 9.87. The molecule has 9 heteroatoms. The third-order valence-corrected chi connectivity index (χ3v) is 4.79. The highest BCUT2D eigenvalue weighted by Gasteiger charge is 2.34. The highest BCUT2D eigenvalue weighted by Crippen LogP contribution is 2.24. The van der Waals surface area contributed by atoms with Crippen LogP contribution in [0.5, 0.6) is 11.6 Å². The van der Waals surface area contributed by atoms with Gasteiger partial charge in [-0.3, -0.25) is 14.6 Å². The molecule has 3 aromatic rings. The second-order valence-electron chi connectivity index (χ2n) is 7.10. The van der Waals surface area contributed by atoms with Crippen LogP contribution in [-0.2, 0) is 16.1 Å². The molecular formula is C23H20FN5O3. The number of ether oxygens (including phenoxy) is 1. The largest absolute Gasteiger partial charge is 0.439 e. The van der Waals surface area contributed by atoms with Crippen molar-refractivity contribution in [3.8, 4) is 11.6 Å². The van der Waals surface area contributed by atoms with Crippen LogP contribution < -0.4 is 20.8 Å². The number of hydrogen-bond acceptors (Lipinski definition) is 6. The van der Waals surface area contributed by atoms with Gasteiger partial charge in [-0.25, -0.2) is 9.37 Å². The van der Waals surface area contributed by atoms with E-state index in [9.17, 15) is 14.0 Å². The zero-order chi connectivity index (χ0) is 22.5. The number of nitrogens with one attached hydrogen (secondary N) is 1. The van der Waals surface area contributed by atoms with Crippen molar-refractivity contribution in [1.82, 2.24) is 10.3 Å². The lowest BCUT2D eigenvalue weighted by molar-refractivity contribution is -0.119. The summed E-state index contributed by atoms with van der Waals surface area (Å²) in [6, 6.07) is 17.4. The Morgan fingerprint density at radius 3 is 2.62 bits per heavy atom. The third-order valence-electron chi connectivity index (χ3n) is 4.79. The Labute approximate surface area is 183 Å². The molecule has 1 aliphatic rings. The lowest BCUT2D eigenvalue weighted by Crippen LogP contribution is -2.39. The molecule has 4 rings (SSSR count). The second-order valence-corrected chi connectivity index (χ2v) is 7.10. The molecule has 162 valence electrons. The van der Waals surface area contributed by atoms with Crippen LogP contribution in [0.25, 0.3) is 0 Å². The van der Waals surface area contributed by atoms with Crippen molar-refractivity contribution >= 4 is 23.2 Å². The number of hydrazone groups is 1. The van der Waals surface area contributed by atoms with Crippen LogP contribution in [0.15, 0.2) is 78.0 Å². The highest BCUT2D eigenvalue weighted by atomic mass is 19.1. The minimum absolute atomic E-state index is 0.120. The van der Waals surface area contributed by atoms with E-state index >= 15 is 0 Å². The van der Waals surface area contributed by atoms with Crippen LogP contribution in [-0.4, -0.2) is 28.6 Å². The number of aromatic nitrogens is 1. The van der Waals surface area contributed by atoms with Gasteiger partial charge in [-0.15, -0.1) is 0 Å². The van der Waals surface area contributed by atoms with E-state index in [1.54, 1.807) is 42.6 Å². The average molecular weight is 433 g/mol. The number of anilines is 1. The summed E-state index contributed by atoms with van der Waals surface area (Å²) in [6.07, 6.45) is 1.67. The number of nitrogens with two attached hydrogens (primary N) is 1. The molecule has 0 fully saturated rings. The first-order chi connectivity index (χ1) is 15.5. The SMILES string of the molecule is NC(=O)C1CC(C(=O)NCc2ccc(Oc3cccc(F)c3)nc2)=NN1c1ccccc1. The van der Waals surface area contributed by atoms with Crippen molar-refractivity contribution in [2.45, 2.75) is 19.0 Å². The van der Waals surface area contributed by atoms with Gasteiger partial charge in [0.2, 0.25) is 11.8 Å². The molecule has 1 unspecified atom stereocenters. The van der Waals surface area contributed by atoms with E-state index in [1.165, 1.54) is 17.1 Å². The maximum Gasteiger partial charge on any atom is 0.267 e. The van der Waals surface area contributed by atoms with Crippen LogP contribution in [0.4, 0.5) is 10.1 Å². The molecule has 0 saturated heterocycles. The van der Waals surface area contributed by atoms with Gasteiger partial charge in [0.1, 0.15) is 23.3 Å². The van der Waals surface area contributed by atoms with Gasteiger partial charge < -0.3 is 15.8 Å². The fraction of sp³-hybridized carbons (Fsp3) is 0.130. The predicted octanol–water partition coefficient (Wildman–Crippen LogP) is 2.75. The predicted molar refractivity (Wildman–Crippen MR) is 117 cm³/mol. The number of carbonyl (C=O) groups excluding carboxylic acids is 2. The molecule has 0 radical (unpaired) electrons. The summed E-state index contributed by atoms with van der Waals surface area (Å²) in [5.74, 6) is -0.715. The van der Waals surface area contributed by atoms with Gasteiger partial charge in [-0.2, -0.15) is 5.10 Å². The van der Waals surface area contributed by atoms with E-state index in [4.69, 9.17) is 10.5 Å². The normalized spacial score (nSPS) is 15.2. The van der Waals surface area contributed by atoms with Gasteiger partial charge in [0.25, 0.3) is 5.91 Å². The molecule has 0 saturated carbocycles. The van der Waals surface area contributed by atoms with E-state index in [2.05, 4.69) is 15.4 Å². The maximum absolute atomic E-state index is 13.2. The maximum atomic E-state index is 13.2. The van der Waals surface area contributed by atoms with Gasteiger partial charge >= 0.3 is 0 Å². The minimum atomic E-state index is -0.723. The summed E-state index contributed by atoms with van der Waals surface area (Å²) in [5, 5.41) is 8.55. The Bertz CT molecular complexity index is 1150. The Kier molecular flexibility index (Phi) is 6.07. The molecule has 0 aliphatic carbocycles. The molecule has 2 heterocycles. The van der Waals surface area contributed by atoms with Crippen molar-refractivity contribution in [3.63, 3.8) is 0 Å². The molecule has 0 bridgehead atoms. The zero-order valence-corrected chi connectivity index (χ0v) is 16.9. The summed E-state index contributed by atoms with van der Waals surface area (Å²) in [7, 11) is 0. The fourth-order valence-electron chi connectivity index (χ4n) is 3.20. The second kappa shape index (κ2) is 9.25. The number of primary amides is 1. The van der Waals surface area contributed by atoms with Crippen molar-refractivity contribution in [3.05, 3.63) is 84.3 Å². The molecular weight excluding hydrogens is 413 g/mol. The molecule has 2 amide bonds. The van der Waals surface area contributed by atoms with E-state index in [0.29, 0.717) is 17.3 Å². The molecule has 1 atom stereocenters. The zero-order valence-electron chi connectivity index (χ0n) is 16.9. The molecule has 0 spiro atoms. The van der Waals surface area contributed by atoms with Gasteiger partial charge in [-0.05, 0) is 29.8 Å². The number of para-hydroxylation sites is 1. The van der Waals surface area contributed by atoms with E-state index in [0.717, 1.165) is 5.56 Å². The Morgan fingerprint density at radius 2 is 1.94 bits per heavy atom. The highest BCUT2D eigenvalue weighted by molar-refractivity contribution is 6.40. The quantitative estimate of drug-likeness (QED) is 0.595. The van der Waals surface area contributed by atoms with Gasteiger partial charge in [0.15, 0.2) is 0 Å². The third kappa shape index (κ3) is 4.89. The Balaban J connectivity index is 1.37. The smallest absolute Gasteiger partial charge is 0.267 e. The van der Waals surface area contributed by atoms with Crippen molar-refractivity contribution in [2.75, 3.05) is 5.01 Å². The lowest BCUT2D eigenvalue weighted by Gasteiger charge is -2.20.